The first-order valence-electron chi connectivity index (χ1n) is 14.3. The molecular formula is C39H28IrN2O4-2. The zero-order valence-corrected chi connectivity index (χ0v) is 27.4. The van der Waals surface area contributed by atoms with Crippen LogP contribution in [0.5, 0.6) is 0 Å². The van der Waals surface area contributed by atoms with Crippen LogP contribution < -0.4 is 0 Å². The van der Waals surface area contributed by atoms with E-state index in [0.29, 0.717) is 11.8 Å². The van der Waals surface area contributed by atoms with Gasteiger partial charge in [0, 0.05) is 26.2 Å². The van der Waals surface area contributed by atoms with E-state index < -0.39 is 0 Å². The van der Waals surface area contributed by atoms with E-state index in [1.807, 2.05) is 97.1 Å². The Kier molecular flexibility index (Phi) is 10.2. The number of aliphatic hydroxyl groups is 1. The summed E-state index contributed by atoms with van der Waals surface area (Å²) in [6.07, 6.45) is 1.17. The van der Waals surface area contributed by atoms with Crippen molar-refractivity contribution in [2.24, 2.45) is 0 Å². The summed E-state index contributed by atoms with van der Waals surface area (Å²) in [4.78, 5) is 19.1. The quantitative estimate of drug-likeness (QED) is 0.109. The summed E-state index contributed by atoms with van der Waals surface area (Å²) in [5.74, 6) is 1.18. The van der Waals surface area contributed by atoms with E-state index in [-0.39, 0.29) is 31.6 Å². The molecule has 229 valence electrons. The van der Waals surface area contributed by atoms with E-state index in [1.54, 1.807) is 0 Å². The summed E-state index contributed by atoms with van der Waals surface area (Å²) in [5, 5.41) is 12.9. The fourth-order valence-electron chi connectivity index (χ4n) is 4.93. The van der Waals surface area contributed by atoms with Gasteiger partial charge in [0.25, 0.3) is 0 Å². The van der Waals surface area contributed by atoms with Gasteiger partial charge in [-0.2, -0.15) is 0 Å². The van der Waals surface area contributed by atoms with Crippen LogP contribution in [0.4, 0.5) is 0 Å². The number of carbonyl (C=O) groups is 1. The number of fused-ring (bicyclic) bond motifs is 4. The van der Waals surface area contributed by atoms with Crippen molar-refractivity contribution in [2.45, 2.75) is 13.8 Å². The molecule has 1 N–H and O–H groups in total. The normalized spacial score (nSPS) is 11.0. The van der Waals surface area contributed by atoms with Gasteiger partial charge in [-0.3, -0.25) is 14.8 Å². The Hall–Kier alpha value is -5.36. The Morgan fingerprint density at radius 1 is 0.630 bits per heavy atom. The molecule has 6 aromatic carbocycles. The topological polar surface area (TPSA) is 89.4 Å². The third-order valence-corrected chi connectivity index (χ3v) is 6.87. The van der Waals surface area contributed by atoms with Crippen molar-refractivity contribution in [3.8, 4) is 22.9 Å². The van der Waals surface area contributed by atoms with Crippen molar-refractivity contribution in [3.05, 3.63) is 145 Å². The number of aromatic nitrogens is 2. The molecule has 8 aromatic rings. The number of hydrogen-bond acceptors (Lipinski definition) is 6. The summed E-state index contributed by atoms with van der Waals surface area (Å²) in [5.41, 5.74) is 5.18. The van der Waals surface area contributed by atoms with Gasteiger partial charge in [0.05, 0.1) is 16.8 Å². The molecule has 0 atom stereocenters. The maximum atomic E-state index is 10.0. The van der Waals surface area contributed by atoms with Crippen molar-refractivity contribution in [2.75, 3.05) is 0 Å². The summed E-state index contributed by atoms with van der Waals surface area (Å²) in [7, 11) is 0. The van der Waals surface area contributed by atoms with E-state index in [1.165, 1.54) is 30.7 Å². The van der Waals surface area contributed by atoms with Gasteiger partial charge in [0.2, 0.25) is 0 Å². The Balaban J connectivity index is 0.000000149. The second kappa shape index (κ2) is 14.6. The Labute approximate surface area is 279 Å². The number of aliphatic hydroxyl groups excluding tert-OH is 1. The number of carbonyl (C=O) groups excluding carboxylic acids is 1. The number of benzene rings is 6. The number of oxazole rings is 2. The molecule has 0 bridgehead atoms. The van der Waals surface area contributed by atoms with E-state index in [2.05, 4.69) is 46.4 Å². The first-order valence-corrected chi connectivity index (χ1v) is 14.3. The Morgan fingerprint density at radius 3 is 1.43 bits per heavy atom. The number of allylic oxidation sites excluding steroid dienone is 2. The van der Waals surface area contributed by atoms with Crippen molar-refractivity contribution >= 4 is 49.5 Å². The molecule has 0 saturated carbocycles. The van der Waals surface area contributed by atoms with Gasteiger partial charge in [0.15, 0.2) is 5.78 Å². The molecule has 0 spiro atoms. The maximum Gasteiger partial charge on any atom is 0.155 e. The van der Waals surface area contributed by atoms with E-state index >= 15 is 0 Å². The monoisotopic (exact) mass is 781 g/mol. The van der Waals surface area contributed by atoms with Crippen molar-refractivity contribution in [1.82, 2.24) is 9.97 Å². The SMILES string of the molecule is CC(=O)/C=C(/C)O.[Ir].[c-]1ccc2ccccc2c1-c1nc2ccccc2o1.[c-]1ccc2ccccc2c1-c1nc2ccccc2o1. The third kappa shape index (κ3) is 7.29. The van der Waals surface area contributed by atoms with Gasteiger partial charge in [-0.25, -0.2) is 0 Å². The van der Waals surface area contributed by atoms with Gasteiger partial charge < -0.3 is 13.9 Å². The van der Waals surface area contributed by atoms with Crippen LogP contribution in [0.1, 0.15) is 13.8 Å². The molecule has 6 nitrogen and oxygen atoms in total. The molecule has 0 amide bonds. The minimum Gasteiger partial charge on any atom is -0.512 e. The van der Waals surface area contributed by atoms with Crippen LogP contribution in [-0.4, -0.2) is 20.9 Å². The van der Waals surface area contributed by atoms with Gasteiger partial charge in [-0.15, -0.1) is 47.2 Å². The minimum atomic E-state index is -0.125. The van der Waals surface area contributed by atoms with Crippen LogP contribution in [0.2, 0.25) is 0 Å². The molecule has 8 rings (SSSR count). The number of ketones is 1. The van der Waals surface area contributed by atoms with E-state index in [4.69, 9.17) is 13.9 Å². The molecule has 0 aliphatic rings. The maximum absolute atomic E-state index is 10.0. The van der Waals surface area contributed by atoms with Crippen molar-refractivity contribution in [1.29, 1.82) is 0 Å². The summed E-state index contributed by atoms with van der Waals surface area (Å²) in [6.45, 7) is 2.85. The summed E-state index contributed by atoms with van der Waals surface area (Å²) < 4.78 is 11.6. The van der Waals surface area contributed by atoms with Crippen LogP contribution in [0.3, 0.4) is 0 Å². The van der Waals surface area contributed by atoms with Crippen LogP contribution in [-0.2, 0) is 24.9 Å². The zero-order chi connectivity index (χ0) is 31.2. The van der Waals surface area contributed by atoms with Gasteiger partial charge >= 0.3 is 0 Å². The van der Waals surface area contributed by atoms with Crippen molar-refractivity contribution in [3.63, 3.8) is 0 Å². The number of hydrogen-bond donors (Lipinski definition) is 1. The minimum absolute atomic E-state index is 0. The third-order valence-electron chi connectivity index (χ3n) is 6.87. The fourth-order valence-corrected chi connectivity index (χ4v) is 4.93. The van der Waals surface area contributed by atoms with Crippen LogP contribution in [0.15, 0.2) is 142 Å². The molecule has 0 unspecified atom stereocenters. The van der Waals surface area contributed by atoms with Crippen LogP contribution in [0.25, 0.3) is 66.7 Å². The first-order chi connectivity index (χ1) is 22.0. The summed E-state index contributed by atoms with van der Waals surface area (Å²) in [6, 6.07) is 46.3. The van der Waals surface area contributed by atoms with Gasteiger partial charge in [-0.1, -0.05) is 94.7 Å². The molecule has 46 heavy (non-hydrogen) atoms. The predicted octanol–water partition coefficient (Wildman–Crippen LogP) is 9.93. The number of nitrogens with zero attached hydrogens (tertiary/aromatic N) is 2. The molecule has 1 radical (unpaired) electrons. The molecule has 0 saturated heterocycles. The average molecular weight is 781 g/mol. The number of rotatable bonds is 3. The second-order valence-corrected chi connectivity index (χ2v) is 10.2. The largest absolute Gasteiger partial charge is 0.512 e. The molecule has 0 fully saturated rings. The van der Waals surface area contributed by atoms with E-state index in [0.717, 1.165) is 44.1 Å². The Morgan fingerprint density at radius 2 is 1.04 bits per heavy atom. The van der Waals surface area contributed by atoms with Crippen LogP contribution in [0, 0.1) is 12.1 Å². The smallest absolute Gasteiger partial charge is 0.155 e. The Bertz CT molecular complexity index is 2070. The predicted molar refractivity (Wildman–Crippen MR) is 179 cm³/mol. The average Bonchev–Trinajstić information content (AvgIpc) is 3.69. The fraction of sp³-hybridized carbons (Fsp3) is 0.0513. The molecular weight excluding hydrogens is 753 g/mol. The second-order valence-electron chi connectivity index (χ2n) is 10.2. The van der Waals surface area contributed by atoms with Gasteiger partial charge in [-0.05, 0) is 38.1 Å². The molecule has 2 heterocycles. The van der Waals surface area contributed by atoms with Crippen molar-refractivity contribution < 1.29 is 38.8 Å². The number of para-hydroxylation sites is 4. The van der Waals surface area contributed by atoms with Gasteiger partial charge in [0.1, 0.15) is 22.9 Å². The first kappa shape index (κ1) is 32.0. The molecule has 2 aromatic heterocycles. The standard InChI is InChI=1S/2C17H10NO.C5H8O2.Ir/c2*1-2-8-13-12(6-1)7-5-9-14(13)17-18-15-10-3-4-11-16(15)19-17;1-4(6)3-5(2)7;/h2*1-8,10-11H;3,6H,1-2H3;/q2*-1;;/b;;4-3-;. The van der Waals surface area contributed by atoms with Crippen LogP contribution >= 0.6 is 0 Å². The van der Waals surface area contributed by atoms with E-state index in [9.17, 15) is 4.79 Å². The molecule has 7 heteroatoms. The zero-order valence-electron chi connectivity index (χ0n) is 25.0. The molecule has 0 aliphatic carbocycles. The molecule has 0 aliphatic heterocycles. The summed E-state index contributed by atoms with van der Waals surface area (Å²) >= 11 is 0.